The second-order valence-electron chi connectivity index (χ2n) is 6.89. The summed E-state index contributed by atoms with van der Waals surface area (Å²) >= 11 is 12.5. The van der Waals surface area contributed by atoms with Crippen molar-refractivity contribution in [2.45, 2.75) is 32.4 Å². The van der Waals surface area contributed by atoms with Gasteiger partial charge in [0.1, 0.15) is 0 Å². The summed E-state index contributed by atoms with van der Waals surface area (Å²) in [5, 5.41) is 4.55. The van der Waals surface area contributed by atoms with E-state index in [2.05, 4.69) is 10.2 Å². The number of nitrogens with zero attached hydrogens (tertiary/aromatic N) is 1. The largest absolute Gasteiger partial charge is 0.349 e. The number of piperidine rings is 1. The van der Waals surface area contributed by atoms with Gasteiger partial charge in [-0.1, -0.05) is 59.6 Å². The summed E-state index contributed by atoms with van der Waals surface area (Å²) in [6.07, 6.45) is 1.71. The molecule has 1 saturated heterocycles. The van der Waals surface area contributed by atoms with Crippen LogP contribution in [0.15, 0.2) is 48.5 Å². The maximum Gasteiger partial charge on any atom is 0.223 e. The Morgan fingerprint density at radius 3 is 2.31 bits per heavy atom. The molecule has 0 unspecified atom stereocenters. The van der Waals surface area contributed by atoms with Crippen LogP contribution < -0.4 is 5.32 Å². The molecule has 1 fully saturated rings. The average Bonchev–Trinajstić information content (AvgIpc) is 2.66. The van der Waals surface area contributed by atoms with Crippen molar-refractivity contribution in [3.63, 3.8) is 0 Å². The Labute approximate surface area is 165 Å². The molecule has 2 aromatic carbocycles. The van der Waals surface area contributed by atoms with Crippen molar-refractivity contribution in [1.29, 1.82) is 0 Å². The van der Waals surface area contributed by atoms with Crippen LogP contribution in [0.2, 0.25) is 10.0 Å². The van der Waals surface area contributed by atoms with Gasteiger partial charge in [0.2, 0.25) is 5.91 Å². The average molecular weight is 391 g/mol. The fourth-order valence-electron chi connectivity index (χ4n) is 3.42. The Hall–Kier alpha value is -1.55. The molecule has 1 aliphatic heterocycles. The number of carbonyl (C=O) groups is 1. The van der Waals surface area contributed by atoms with Crippen LogP contribution in [0.25, 0.3) is 0 Å². The third kappa shape index (κ3) is 4.79. The van der Waals surface area contributed by atoms with Crippen LogP contribution in [0.4, 0.5) is 0 Å². The van der Waals surface area contributed by atoms with Gasteiger partial charge in [0, 0.05) is 28.1 Å². The number of amides is 1. The molecule has 3 rings (SSSR count). The highest BCUT2D eigenvalue weighted by atomic mass is 35.5. The summed E-state index contributed by atoms with van der Waals surface area (Å²) in [5.41, 5.74) is 2.10. The minimum absolute atomic E-state index is 0.0312. The number of nitrogens with one attached hydrogen (secondary N) is 1. The molecule has 1 heterocycles. The number of rotatable bonds is 5. The lowest BCUT2D eigenvalue weighted by molar-refractivity contribution is -0.127. The number of hydrogen-bond acceptors (Lipinski definition) is 2. The lowest BCUT2D eigenvalue weighted by Crippen LogP contribution is -2.41. The van der Waals surface area contributed by atoms with E-state index in [0.717, 1.165) is 43.6 Å². The van der Waals surface area contributed by atoms with Gasteiger partial charge in [-0.2, -0.15) is 0 Å². The van der Waals surface area contributed by atoms with Crippen LogP contribution in [-0.4, -0.2) is 23.9 Å². The maximum absolute atomic E-state index is 12.6. The van der Waals surface area contributed by atoms with Gasteiger partial charge < -0.3 is 5.32 Å². The third-order valence-corrected chi connectivity index (χ3v) is 5.77. The molecule has 3 nitrogen and oxygen atoms in total. The highest BCUT2D eigenvalue weighted by Gasteiger charge is 2.26. The first-order chi connectivity index (χ1) is 12.5. The zero-order chi connectivity index (χ0) is 18.5. The van der Waals surface area contributed by atoms with Crippen molar-refractivity contribution in [2.24, 2.45) is 5.92 Å². The van der Waals surface area contributed by atoms with E-state index >= 15 is 0 Å². The van der Waals surface area contributed by atoms with Crippen LogP contribution >= 0.6 is 23.2 Å². The predicted octanol–water partition coefficient (Wildman–Crippen LogP) is 5.08. The molecule has 0 saturated carbocycles. The lowest BCUT2D eigenvalue weighted by atomic mass is 9.95. The molecule has 1 atom stereocenters. The smallest absolute Gasteiger partial charge is 0.223 e. The number of benzene rings is 2. The van der Waals surface area contributed by atoms with Crippen LogP contribution in [0.3, 0.4) is 0 Å². The molecule has 0 spiro atoms. The van der Waals surface area contributed by atoms with Crippen molar-refractivity contribution >= 4 is 29.1 Å². The van der Waals surface area contributed by atoms with E-state index in [0.29, 0.717) is 10.0 Å². The molecule has 0 bridgehead atoms. The number of halogens is 2. The Morgan fingerprint density at radius 1 is 1.08 bits per heavy atom. The quantitative estimate of drug-likeness (QED) is 0.771. The highest BCUT2D eigenvalue weighted by Crippen LogP contribution is 2.28. The highest BCUT2D eigenvalue weighted by molar-refractivity contribution is 6.35. The number of likely N-dealkylation sites (tertiary alicyclic amines) is 1. The van der Waals surface area contributed by atoms with Crippen molar-refractivity contribution in [3.05, 3.63) is 69.7 Å². The van der Waals surface area contributed by atoms with Gasteiger partial charge in [0.05, 0.1) is 6.04 Å². The molecule has 1 amide bonds. The first-order valence-corrected chi connectivity index (χ1v) is 9.80. The van der Waals surface area contributed by atoms with Crippen molar-refractivity contribution < 1.29 is 4.79 Å². The molecule has 2 aromatic rings. The van der Waals surface area contributed by atoms with E-state index in [1.807, 2.05) is 55.5 Å². The fourth-order valence-corrected chi connectivity index (χ4v) is 3.93. The first-order valence-electron chi connectivity index (χ1n) is 9.05. The zero-order valence-electron chi connectivity index (χ0n) is 14.9. The van der Waals surface area contributed by atoms with E-state index in [4.69, 9.17) is 23.2 Å². The van der Waals surface area contributed by atoms with Crippen LogP contribution in [0.1, 0.15) is 36.9 Å². The van der Waals surface area contributed by atoms with Gasteiger partial charge in [0.15, 0.2) is 0 Å². The molecular weight excluding hydrogens is 367 g/mol. The molecular formula is C21H24Cl2N2O. The molecule has 1 N–H and O–H groups in total. The maximum atomic E-state index is 12.6. The van der Waals surface area contributed by atoms with E-state index in [1.165, 1.54) is 0 Å². The fraction of sp³-hybridized carbons (Fsp3) is 0.381. The minimum atomic E-state index is 0.0312. The summed E-state index contributed by atoms with van der Waals surface area (Å²) in [7, 11) is 0. The van der Waals surface area contributed by atoms with Crippen molar-refractivity contribution in [3.8, 4) is 0 Å². The van der Waals surface area contributed by atoms with Gasteiger partial charge >= 0.3 is 0 Å². The topological polar surface area (TPSA) is 32.3 Å². The Bertz CT molecular complexity index is 723. The van der Waals surface area contributed by atoms with Crippen LogP contribution in [0.5, 0.6) is 0 Å². The zero-order valence-corrected chi connectivity index (χ0v) is 16.4. The van der Waals surface area contributed by atoms with Crippen LogP contribution in [0, 0.1) is 5.92 Å². The van der Waals surface area contributed by atoms with Gasteiger partial charge in [0.25, 0.3) is 0 Å². The molecule has 0 aromatic heterocycles. The predicted molar refractivity (Wildman–Crippen MR) is 107 cm³/mol. The van der Waals surface area contributed by atoms with Gasteiger partial charge in [-0.25, -0.2) is 0 Å². The standard InChI is InChI=1S/C21H24Cl2N2O/c1-15(16-6-3-2-4-7-16)24-21(26)17-10-12-25(13-11-17)14-18-19(22)8-5-9-20(18)23/h2-9,15,17H,10-14H2,1H3,(H,24,26)/t15-/m0/s1. The van der Waals surface area contributed by atoms with Gasteiger partial charge in [-0.05, 0) is 50.6 Å². The minimum Gasteiger partial charge on any atom is -0.349 e. The van der Waals surface area contributed by atoms with Crippen molar-refractivity contribution in [1.82, 2.24) is 10.2 Å². The first kappa shape index (κ1) is 19.2. The molecule has 138 valence electrons. The molecule has 0 radical (unpaired) electrons. The summed E-state index contributed by atoms with van der Waals surface area (Å²) in [5.74, 6) is 0.218. The molecule has 1 aliphatic rings. The Morgan fingerprint density at radius 2 is 1.69 bits per heavy atom. The van der Waals surface area contributed by atoms with Crippen molar-refractivity contribution in [2.75, 3.05) is 13.1 Å². The van der Waals surface area contributed by atoms with Gasteiger partial charge in [-0.15, -0.1) is 0 Å². The third-order valence-electron chi connectivity index (χ3n) is 5.06. The molecule has 0 aliphatic carbocycles. The number of carbonyl (C=O) groups excluding carboxylic acids is 1. The SMILES string of the molecule is C[C@H](NC(=O)C1CCN(Cc2c(Cl)cccc2Cl)CC1)c1ccccc1. The number of hydrogen-bond donors (Lipinski definition) is 1. The molecule has 26 heavy (non-hydrogen) atoms. The van der Waals surface area contributed by atoms with E-state index in [-0.39, 0.29) is 17.9 Å². The summed E-state index contributed by atoms with van der Waals surface area (Å²) in [6, 6.07) is 15.7. The Balaban J connectivity index is 1.51. The molecule has 5 heteroatoms. The van der Waals surface area contributed by atoms with Gasteiger partial charge in [-0.3, -0.25) is 9.69 Å². The Kier molecular flexibility index (Phi) is 6.58. The second kappa shape index (κ2) is 8.90. The summed E-state index contributed by atoms with van der Waals surface area (Å²) < 4.78 is 0. The van der Waals surface area contributed by atoms with E-state index < -0.39 is 0 Å². The van der Waals surface area contributed by atoms with Crippen LogP contribution in [-0.2, 0) is 11.3 Å². The summed E-state index contributed by atoms with van der Waals surface area (Å²) in [6.45, 7) is 4.51. The normalized spacial score (nSPS) is 17.0. The van der Waals surface area contributed by atoms with E-state index in [1.54, 1.807) is 0 Å². The summed E-state index contributed by atoms with van der Waals surface area (Å²) in [4.78, 5) is 14.9. The monoisotopic (exact) mass is 390 g/mol. The second-order valence-corrected chi connectivity index (χ2v) is 7.71. The lowest BCUT2D eigenvalue weighted by Gasteiger charge is -2.32. The van der Waals surface area contributed by atoms with E-state index in [9.17, 15) is 4.79 Å².